The van der Waals surface area contributed by atoms with Crippen molar-refractivity contribution in [1.82, 2.24) is 0 Å². The van der Waals surface area contributed by atoms with Gasteiger partial charge in [0.25, 0.3) is 0 Å². The molecule has 2 saturated carbocycles. The summed E-state index contributed by atoms with van der Waals surface area (Å²) in [6.07, 6.45) is 8.11. The highest BCUT2D eigenvalue weighted by atomic mass is 16.3. The average Bonchev–Trinajstić information content (AvgIpc) is 2.81. The predicted molar refractivity (Wildman–Crippen MR) is 91.1 cm³/mol. The van der Waals surface area contributed by atoms with Gasteiger partial charge in [0.05, 0.1) is 0 Å². The number of fused-ring (bicyclic) bond motifs is 5. The molecule has 4 rings (SSSR count). The third-order valence-electron chi connectivity index (χ3n) is 7.88. The highest BCUT2D eigenvalue weighted by molar-refractivity contribution is 5.40. The van der Waals surface area contributed by atoms with Crippen molar-refractivity contribution in [1.29, 1.82) is 0 Å². The quantitative estimate of drug-likeness (QED) is 0.723. The van der Waals surface area contributed by atoms with Gasteiger partial charge < -0.3 is 5.11 Å². The maximum atomic E-state index is 9.87. The molecule has 0 radical (unpaired) electrons. The Morgan fingerprint density at radius 2 is 2.05 bits per heavy atom. The van der Waals surface area contributed by atoms with Gasteiger partial charge in [-0.2, -0.15) is 0 Å². The van der Waals surface area contributed by atoms with Crippen LogP contribution in [0, 0.1) is 29.1 Å². The molecule has 2 unspecified atom stereocenters. The van der Waals surface area contributed by atoms with E-state index in [2.05, 4.69) is 26.8 Å². The summed E-state index contributed by atoms with van der Waals surface area (Å²) in [6, 6.07) is 6.18. The molecule has 0 amide bonds. The Labute approximate surface area is 135 Å². The predicted octanol–water partition coefficient (Wildman–Crippen LogP) is 5.52. The summed E-state index contributed by atoms with van der Waals surface area (Å²) in [5.74, 6) is 4.71. The molecule has 6 atom stereocenters. The maximum absolute atomic E-state index is 9.87. The van der Waals surface area contributed by atoms with E-state index in [9.17, 15) is 5.11 Å². The molecule has 3 aliphatic carbocycles. The van der Waals surface area contributed by atoms with E-state index in [0.717, 1.165) is 29.6 Å². The van der Waals surface area contributed by atoms with E-state index >= 15 is 0 Å². The minimum absolute atomic E-state index is 0.446. The first kappa shape index (κ1) is 14.6. The van der Waals surface area contributed by atoms with Gasteiger partial charge >= 0.3 is 0 Å². The van der Waals surface area contributed by atoms with Crippen LogP contribution in [0.2, 0.25) is 0 Å². The van der Waals surface area contributed by atoms with Gasteiger partial charge in [0, 0.05) is 0 Å². The lowest BCUT2D eigenvalue weighted by Crippen LogP contribution is -2.45. The number of rotatable bonds is 1. The number of aromatic hydroxyl groups is 1. The Bertz CT molecular complexity index is 577. The third-order valence-corrected chi connectivity index (χ3v) is 7.88. The molecular weight excluding hydrogens is 268 g/mol. The first-order chi connectivity index (χ1) is 10.5. The second kappa shape index (κ2) is 5.01. The van der Waals surface area contributed by atoms with Gasteiger partial charge in [0.15, 0.2) is 0 Å². The lowest BCUT2D eigenvalue weighted by molar-refractivity contribution is 0.00452. The fourth-order valence-electron chi connectivity index (χ4n) is 6.44. The van der Waals surface area contributed by atoms with Crippen LogP contribution in [0.4, 0.5) is 0 Å². The van der Waals surface area contributed by atoms with Crippen molar-refractivity contribution in [2.75, 3.05) is 0 Å². The van der Waals surface area contributed by atoms with Crippen molar-refractivity contribution in [3.8, 4) is 5.75 Å². The largest absolute Gasteiger partial charge is 0.508 e. The maximum Gasteiger partial charge on any atom is 0.115 e. The smallest absolute Gasteiger partial charge is 0.115 e. The Hall–Kier alpha value is -0.980. The monoisotopic (exact) mass is 298 g/mol. The summed E-state index contributed by atoms with van der Waals surface area (Å²) < 4.78 is 0. The molecule has 0 saturated heterocycles. The molecule has 0 spiro atoms. The molecule has 120 valence electrons. The molecule has 1 aromatic carbocycles. The van der Waals surface area contributed by atoms with Gasteiger partial charge in [-0.25, -0.2) is 0 Å². The molecule has 0 bridgehead atoms. The van der Waals surface area contributed by atoms with Crippen LogP contribution < -0.4 is 0 Å². The van der Waals surface area contributed by atoms with Crippen molar-refractivity contribution in [3.05, 3.63) is 29.3 Å². The van der Waals surface area contributed by atoms with Gasteiger partial charge in [0.2, 0.25) is 0 Å². The number of hydrogen-bond donors (Lipinski definition) is 1. The van der Waals surface area contributed by atoms with Gasteiger partial charge in [-0.1, -0.05) is 33.3 Å². The number of hydrogen-bond acceptors (Lipinski definition) is 1. The van der Waals surface area contributed by atoms with E-state index in [0.29, 0.717) is 11.2 Å². The standard InChI is InChI=1S/C21H30O/c1-4-14-11-15-12-16(22)6-7-17(15)18-9-10-21(3)13(2)5-8-19(21)20(14)18/h6-7,12-14,18-20,22H,4-5,8-11H2,1-3H3/t13-,14+,18+,19?,20+,21?/m0/s1. The fraction of sp³-hybridized carbons (Fsp3) is 0.714. The first-order valence-electron chi connectivity index (χ1n) is 9.36. The summed E-state index contributed by atoms with van der Waals surface area (Å²) in [5, 5.41) is 9.87. The Kier molecular flexibility index (Phi) is 3.33. The SMILES string of the molecule is CC[C@@H]1Cc2cc(O)ccc2[C@H]2CCC3(C)C(CC[C@@H]3C)[C@H]12. The van der Waals surface area contributed by atoms with Crippen LogP contribution in [0.5, 0.6) is 5.75 Å². The van der Waals surface area contributed by atoms with Crippen LogP contribution in [-0.4, -0.2) is 5.11 Å². The summed E-state index contributed by atoms with van der Waals surface area (Å²) in [6.45, 7) is 7.46. The van der Waals surface area contributed by atoms with E-state index in [1.54, 1.807) is 5.56 Å². The summed E-state index contributed by atoms with van der Waals surface area (Å²) in [4.78, 5) is 0. The summed E-state index contributed by atoms with van der Waals surface area (Å²) in [5.41, 5.74) is 3.58. The Morgan fingerprint density at radius 1 is 1.23 bits per heavy atom. The molecular formula is C21H30O. The molecule has 3 aliphatic rings. The molecule has 0 aliphatic heterocycles. The van der Waals surface area contributed by atoms with E-state index in [4.69, 9.17) is 0 Å². The highest BCUT2D eigenvalue weighted by Gasteiger charge is 2.55. The van der Waals surface area contributed by atoms with Crippen molar-refractivity contribution in [2.24, 2.45) is 29.1 Å². The van der Waals surface area contributed by atoms with Crippen molar-refractivity contribution >= 4 is 0 Å². The fourth-order valence-corrected chi connectivity index (χ4v) is 6.44. The highest BCUT2D eigenvalue weighted by Crippen LogP contribution is 2.64. The number of phenols is 1. The second-order valence-corrected chi connectivity index (χ2v) is 8.57. The Morgan fingerprint density at radius 3 is 2.82 bits per heavy atom. The van der Waals surface area contributed by atoms with E-state index in [-0.39, 0.29) is 0 Å². The van der Waals surface area contributed by atoms with Gasteiger partial charge in [-0.05, 0) is 90.4 Å². The zero-order valence-electron chi connectivity index (χ0n) is 14.3. The second-order valence-electron chi connectivity index (χ2n) is 8.57. The van der Waals surface area contributed by atoms with E-state index < -0.39 is 0 Å². The normalized spacial score (nSPS) is 43.3. The Balaban J connectivity index is 1.77. The lowest BCUT2D eigenvalue weighted by Gasteiger charge is -2.53. The summed E-state index contributed by atoms with van der Waals surface area (Å²) >= 11 is 0. The number of benzene rings is 1. The minimum Gasteiger partial charge on any atom is -0.508 e. The average molecular weight is 298 g/mol. The molecule has 1 N–H and O–H groups in total. The van der Waals surface area contributed by atoms with Crippen molar-refractivity contribution < 1.29 is 5.11 Å². The van der Waals surface area contributed by atoms with Gasteiger partial charge in [-0.3, -0.25) is 0 Å². The van der Waals surface area contributed by atoms with Crippen molar-refractivity contribution in [3.63, 3.8) is 0 Å². The molecule has 0 aromatic heterocycles. The first-order valence-corrected chi connectivity index (χ1v) is 9.36. The molecule has 22 heavy (non-hydrogen) atoms. The van der Waals surface area contributed by atoms with Crippen LogP contribution >= 0.6 is 0 Å². The molecule has 0 heterocycles. The van der Waals surface area contributed by atoms with E-state index in [1.165, 1.54) is 44.1 Å². The van der Waals surface area contributed by atoms with Crippen LogP contribution in [0.15, 0.2) is 18.2 Å². The van der Waals surface area contributed by atoms with Crippen LogP contribution in [0.25, 0.3) is 0 Å². The van der Waals surface area contributed by atoms with Gasteiger partial charge in [0.1, 0.15) is 5.75 Å². The van der Waals surface area contributed by atoms with Crippen LogP contribution in [0.3, 0.4) is 0 Å². The topological polar surface area (TPSA) is 20.2 Å². The molecule has 1 nitrogen and oxygen atoms in total. The zero-order chi connectivity index (χ0) is 15.5. The molecule has 1 aromatic rings. The zero-order valence-corrected chi connectivity index (χ0v) is 14.3. The van der Waals surface area contributed by atoms with Crippen LogP contribution in [0.1, 0.15) is 69.9 Å². The molecule has 1 heteroatoms. The third kappa shape index (κ3) is 1.90. The number of phenolic OH excluding ortho intramolecular Hbond substituents is 1. The van der Waals surface area contributed by atoms with Crippen LogP contribution in [-0.2, 0) is 6.42 Å². The lowest BCUT2D eigenvalue weighted by atomic mass is 9.51. The minimum atomic E-state index is 0.446. The van der Waals surface area contributed by atoms with E-state index in [1.807, 2.05) is 12.1 Å². The summed E-state index contributed by atoms with van der Waals surface area (Å²) in [7, 11) is 0. The van der Waals surface area contributed by atoms with Gasteiger partial charge in [-0.15, -0.1) is 0 Å². The molecule has 2 fully saturated rings. The van der Waals surface area contributed by atoms with Crippen molar-refractivity contribution in [2.45, 2.75) is 65.2 Å².